The number of carbonyl (C=O) groups is 1. The predicted octanol–water partition coefficient (Wildman–Crippen LogP) is 10.2. The number of hydrogen-bond acceptors (Lipinski definition) is 4. The minimum atomic E-state index is -0.0610. The molecule has 216 valence electrons. The summed E-state index contributed by atoms with van der Waals surface area (Å²) in [5, 5.41) is 5.75. The van der Waals surface area contributed by atoms with E-state index in [-0.39, 0.29) is 29.3 Å². The molecule has 2 aromatic rings. The van der Waals surface area contributed by atoms with Crippen molar-refractivity contribution in [3.8, 4) is 5.75 Å². The number of benzene rings is 2. The summed E-state index contributed by atoms with van der Waals surface area (Å²) in [6, 6.07) is 13.6. The fourth-order valence-corrected chi connectivity index (χ4v) is 5.52. The minimum Gasteiger partial charge on any atom is -0.493 e. The second-order valence-electron chi connectivity index (χ2n) is 10.2. The smallest absolute Gasteiger partial charge is 0.228 e. The first-order chi connectivity index (χ1) is 18.6. The van der Waals surface area contributed by atoms with Gasteiger partial charge in [0.25, 0.3) is 0 Å². The van der Waals surface area contributed by atoms with Crippen molar-refractivity contribution in [2.24, 2.45) is 0 Å². The molecule has 0 fully saturated rings. The third-order valence-electron chi connectivity index (χ3n) is 6.87. The molecule has 1 aliphatic heterocycles. The van der Waals surface area contributed by atoms with Crippen LogP contribution in [0.25, 0.3) is 0 Å². The average Bonchev–Trinajstić information content (AvgIpc) is 3.42. The van der Waals surface area contributed by atoms with Crippen LogP contribution >= 0.6 is 40.3 Å². The van der Waals surface area contributed by atoms with Crippen LogP contribution in [0, 0.1) is 0 Å². The number of thioether (sulfide) groups is 1. The molecule has 1 aliphatic rings. The highest BCUT2D eigenvalue weighted by Gasteiger charge is 2.11. The quantitative estimate of drug-likeness (QED) is 0.156. The molecule has 0 saturated carbocycles. The second-order valence-corrected chi connectivity index (χ2v) is 11.5. The van der Waals surface area contributed by atoms with Crippen LogP contribution in [0.2, 0.25) is 5.02 Å². The van der Waals surface area contributed by atoms with Gasteiger partial charge in [0.15, 0.2) is 0 Å². The Bertz CT molecular complexity index is 987. The van der Waals surface area contributed by atoms with Gasteiger partial charge in [0.05, 0.1) is 18.9 Å². The van der Waals surface area contributed by atoms with Crippen molar-refractivity contribution in [2.75, 3.05) is 17.8 Å². The summed E-state index contributed by atoms with van der Waals surface area (Å²) in [5.74, 6) is 1.64. The first-order valence-electron chi connectivity index (χ1n) is 14.5. The van der Waals surface area contributed by atoms with Gasteiger partial charge >= 0.3 is 0 Å². The lowest BCUT2D eigenvalue weighted by Crippen LogP contribution is -2.15. The zero-order chi connectivity index (χ0) is 26.8. The monoisotopic (exact) mass is 636 g/mol. The van der Waals surface area contributed by atoms with Gasteiger partial charge in [-0.25, -0.2) is 0 Å². The van der Waals surface area contributed by atoms with Gasteiger partial charge in [-0.05, 0) is 41.7 Å². The van der Waals surface area contributed by atoms with Crippen LogP contribution in [-0.2, 0) is 17.8 Å². The lowest BCUT2D eigenvalue weighted by Gasteiger charge is -2.15. The van der Waals surface area contributed by atoms with E-state index in [9.17, 15) is 4.79 Å². The third kappa shape index (κ3) is 14.0. The molecule has 0 atom stereocenters. The van der Waals surface area contributed by atoms with Crippen LogP contribution in [-0.4, -0.2) is 23.3 Å². The minimum absolute atomic E-state index is 0. The number of hydrogen-bond donors (Lipinski definition) is 1. The Labute approximate surface area is 256 Å². The van der Waals surface area contributed by atoms with Crippen molar-refractivity contribution >= 4 is 51.9 Å². The molecule has 0 aliphatic carbocycles. The van der Waals surface area contributed by atoms with Gasteiger partial charge in [-0.1, -0.05) is 107 Å². The Morgan fingerprint density at radius 2 is 1.56 bits per heavy atom. The average molecular weight is 638 g/mol. The number of nitrogens with one attached hydrogen (secondary N) is 1. The molecule has 39 heavy (non-hydrogen) atoms. The van der Waals surface area contributed by atoms with Gasteiger partial charge in [0.1, 0.15) is 5.75 Å². The van der Waals surface area contributed by atoms with Crippen LogP contribution in [0.3, 0.4) is 0 Å². The van der Waals surface area contributed by atoms with E-state index in [0.717, 1.165) is 30.1 Å². The molecule has 2 aromatic carbocycles. The maximum Gasteiger partial charge on any atom is 0.228 e. The van der Waals surface area contributed by atoms with Crippen LogP contribution in [0.5, 0.6) is 5.75 Å². The van der Waals surface area contributed by atoms with Crippen LogP contribution < -0.4 is 10.1 Å². The van der Waals surface area contributed by atoms with E-state index in [1.807, 2.05) is 30.3 Å². The van der Waals surface area contributed by atoms with E-state index in [1.54, 1.807) is 11.8 Å². The number of nitrogens with zero attached hydrogens (tertiary/aromatic N) is 1. The summed E-state index contributed by atoms with van der Waals surface area (Å²) < 4.78 is 6.06. The van der Waals surface area contributed by atoms with Gasteiger partial charge in [-0.2, -0.15) is 0 Å². The molecule has 1 amide bonds. The Kier molecular flexibility index (Phi) is 17.5. The maximum atomic E-state index is 12.8. The molecular weight excluding hydrogens is 592 g/mol. The van der Waals surface area contributed by atoms with E-state index < -0.39 is 0 Å². The fraction of sp³-hybridized carbons (Fsp3) is 0.531. The zero-order valence-electron chi connectivity index (χ0n) is 23.5. The summed E-state index contributed by atoms with van der Waals surface area (Å²) >= 11 is 8.03. The summed E-state index contributed by atoms with van der Waals surface area (Å²) in [5.41, 5.74) is 2.89. The van der Waals surface area contributed by atoms with Crippen LogP contribution in [0.15, 0.2) is 54.1 Å². The Hall–Kier alpha value is -1.63. The number of halogens is 2. The normalized spacial score (nSPS) is 12.4. The lowest BCUT2D eigenvalue weighted by molar-refractivity contribution is -0.115. The first kappa shape index (κ1) is 33.6. The number of anilines is 1. The Morgan fingerprint density at radius 3 is 2.18 bits per heavy atom. The molecule has 0 saturated heterocycles. The van der Waals surface area contributed by atoms with E-state index in [2.05, 4.69) is 40.9 Å². The standard InChI is InChI=1S/C32H45ClN2O2S.BrH/c1-2-3-4-5-6-7-8-9-10-11-12-13-21-37-31-24-29(33)17-16-28(31)23-32(36)34-30-18-14-27(15-19-30)25-35-20-22-38-26-35;/h14-20,22,24H,2-13,21,23,25-26H2,1H3,(H,34,36);1H. The van der Waals surface area contributed by atoms with Gasteiger partial charge in [-0.15, -0.1) is 28.7 Å². The second kappa shape index (κ2) is 20.3. The highest BCUT2D eigenvalue weighted by atomic mass is 79.9. The van der Waals surface area contributed by atoms with Crippen LogP contribution in [0.4, 0.5) is 5.69 Å². The van der Waals surface area contributed by atoms with E-state index in [0.29, 0.717) is 17.4 Å². The van der Waals surface area contributed by atoms with Gasteiger partial charge in [-0.3, -0.25) is 4.79 Å². The molecule has 1 N–H and O–H groups in total. The lowest BCUT2D eigenvalue weighted by atomic mass is 10.1. The largest absolute Gasteiger partial charge is 0.493 e. The summed E-state index contributed by atoms with van der Waals surface area (Å²) in [4.78, 5) is 15.0. The topological polar surface area (TPSA) is 41.6 Å². The maximum absolute atomic E-state index is 12.8. The van der Waals surface area contributed by atoms with E-state index in [1.165, 1.54) is 76.2 Å². The molecular formula is C32H46BrClN2O2S. The molecule has 1 heterocycles. The highest BCUT2D eigenvalue weighted by molar-refractivity contribution is 8.93. The molecule has 4 nitrogen and oxygen atoms in total. The van der Waals surface area contributed by atoms with Gasteiger partial charge in [0, 0.05) is 29.0 Å². The molecule has 0 radical (unpaired) electrons. The number of carbonyl (C=O) groups excluding carboxylic acids is 1. The number of unbranched alkanes of at least 4 members (excludes halogenated alkanes) is 11. The Morgan fingerprint density at radius 1 is 0.923 bits per heavy atom. The summed E-state index contributed by atoms with van der Waals surface area (Å²) in [7, 11) is 0. The molecule has 0 spiro atoms. The van der Waals surface area contributed by atoms with Crippen molar-refractivity contribution in [1.29, 1.82) is 0 Å². The zero-order valence-corrected chi connectivity index (χ0v) is 26.8. The van der Waals surface area contributed by atoms with Crippen molar-refractivity contribution < 1.29 is 9.53 Å². The number of rotatable bonds is 19. The van der Waals surface area contributed by atoms with Crippen molar-refractivity contribution in [3.05, 3.63) is 70.2 Å². The summed E-state index contributed by atoms with van der Waals surface area (Å²) in [6.45, 7) is 3.80. The number of ether oxygens (including phenoxy) is 1. The summed E-state index contributed by atoms with van der Waals surface area (Å²) in [6.07, 6.45) is 18.2. The highest BCUT2D eigenvalue weighted by Crippen LogP contribution is 2.25. The van der Waals surface area contributed by atoms with Crippen molar-refractivity contribution in [2.45, 2.75) is 96.9 Å². The van der Waals surface area contributed by atoms with Gasteiger partial charge < -0.3 is 15.0 Å². The predicted molar refractivity (Wildman–Crippen MR) is 174 cm³/mol. The van der Waals surface area contributed by atoms with E-state index in [4.69, 9.17) is 16.3 Å². The van der Waals surface area contributed by atoms with Gasteiger partial charge in [0.2, 0.25) is 5.91 Å². The number of amides is 1. The molecule has 0 bridgehead atoms. The molecule has 0 aromatic heterocycles. The van der Waals surface area contributed by atoms with Crippen molar-refractivity contribution in [3.63, 3.8) is 0 Å². The molecule has 3 rings (SSSR count). The Balaban J connectivity index is 0.00000533. The van der Waals surface area contributed by atoms with Crippen LogP contribution in [0.1, 0.15) is 95.1 Å². The van der Waals surface area contributed by atoms with E-state index >= 15 is 0 Å². The molecule has 0 unspecified atom stereocenters. The van der Waals surface area contributed by atoms with Crippen molar-refractivity contribution in [1.82, 2.24) is 4.90 Å². The molecule has 7 heteroatoms. The fourth-order valence-electron chi connectivity index (χ4n) is 4.65. The third-order valence-corrected chi connectivity index (χ3v) is 7.90. The first-order valence-corrected chi connectivity index (χ1v) is 15.9. The SMILES string of the molecule is Br.CCCCCCCCCCCCCCOc1cc(Cl)ccc1CC(=O)Nc1ccc(CN2C=CSC2)cc1.